The summed E-state index contributed by atoms with van der Waals surface area (Å²) in [5, 5.41) is 6.30. The number of ether oxygens (including phenoxy) is 2. The molecule has 2 amide bonds. The van der Waals surface area contributed by atoms with Gasteiger partial charge in [0, 0.05) is 17.1 Å². The van der Waals surface area contributed by atoms with Gasteiger partial charge in [0.05, 0.1) is 24.8 Å². The largest absolute Gasteiger partial charge is 0.493 e. The number of carbonyl (C=O) groups is 2. The Balaban J connectivity index is 2.13. The van der Waals surface area contributed by atoms with Crippen LogP contribution in [-0.2, 0) is 11.3 Å². The minimum Gasteiger partial charge on any atom is -0.493 e. The van der Waals surface area contributed by atoms with E-state index in [1.807, 2.05) is 26.0 Å². The Kier molecular flexibility index (Phi) is 8.81. The molecule has 0 fully saturated rings. The van der Waals surface area contributed by atoms with E-state index in [0.29, 0.717) is 22.9 Å². The number of rotatable bonds is 9. The van der Waals surface area contributed by atoms with E-state index < -0.39 is 11.9 Å². The van der Waals surface area contributed by atoms with Crippen molar-refractivity contribution in [1.82, 2.24) is 10.6 Å². The molecule has 2 aromatic rings. The number of halogens is 2. The first-order valence-corrected chi connectivity index (χ1v) is 10.3. The molecule has 0 aliphatic heterocycles. The lowest BCUT2D eigenvalue weighted by Crippen LogP contribution is -2.47. The van der Waals surface area contributed by atoms with Gasteiger partial charge >= 0.3 is 0 Å². The first-order chi connectivity index (χ1) is 14.3. The van der Waals surface area contributed by atoms with Crippen LogP contribution in [0, 0.1) is 5.92 Å². The number of nitrogens with one attached hydrogen (secondary N) is 2. The number of benzene rings is 2. The third-order valence-corrected chi connectivity index (χ3v) is 4.99. The Morgan fingerprint density at radius 2 is 1.80 bits per heavy atom. The Morgan fingerprint density at radius 1 is 1.07 bits per heavy atom. The fourth-order valence-corrected chi connectivity index (χ4v) is 3.51. The predicted molar refractivity (Wildman–Crippen MR) is 119 cm³/mol. The third-order valence-electron chi connectivity index (χ3n) is 4.44. The average molecular weight is 453 g/mol. The molecule has 0 bridgehead atoms. The summed E-state index contributed by atoms with van der Waals surface area (Å²) in [6.07, 6.45) is 0.470. The molecule has 0 saturated carbocycles. The van der Waals surface area contributed by atoms with Crippen LogP contribution in [0.5, 0.6) is 11.5 Å². The maximum absolute atomic E-state index is 12.9. The van der Waals surface area contributed by atoms with Crippen LogP contribution in [0.1, 0.15) is 36.2 Å². The number of hydrogen-bond acceptors (Lipinski definition) is 4. The molecule has 8 heteroatoms. The molecule has 6 nitrogen and oxygen atoms in total. The summed E-state index contributed by atoms with van der Waals surface area (Å²) in [5.41, 5.74) is 1.03. The van der Waals surface area contributed by atoms with E-state index in [-0.39, 0.29) is 29.0 Å². The van der Waals surface area contributed by atoms with Gasteiger partial charge in [-0.15, -0.1) is 0 Å². The number of para-hydroxylation sites is 1. The van der Waals surface area contributed by atoms with Crippen molar-refractivity contribution in [2.45, 2.75) is 32.9 Å². The summed E-state index contributed by atoms with van der Waals surface area (Å²) in [5.74, 6) is 0.586. The smallest absolute Gasteiger partial charge is 0.253 e. The van der Waals surface area contributed by atoms with Gasteiger partial charge in [0.2, 0.25) is 5.91 Å². The minimum absolute atomic E-state index is 0.188. The van der Waals surface area contributed by atoms with E-state index in [4.69, 9.17) is 32.7 Å². The Morgan fingerprint density at radius 3 is 2.40 bits per heavy atom. The lowest BCUT2D eigenvalue weighted by Gasteiger charge is -2.21. The molecule has 2 rings (SSSR count). The maximum atomic E-state index is 12.9. The quantitative estimate of drug-likeness (QED) is 0.588. The Hall–Kier alpha value is -2.44. The van der Waals surface area contributed by atoms with Gasteiger partial charge < -0.3 is 20.1 Å². The molecule has 0 aliphatic rings. The predicted octanol–water partition coefficient (Wildman–Crippen LogP) is 4.47. The van der Waals surface area contributed by atoms with Gasteiger partial charge in [-0.1, -0.05) is 49.2 Å². The molecule has 0 radical (unpaired) electrons. The topological polar surface area (TPSA) is 76.7 Å². The van der Waals surface area contributed by atoms with E-state index in [0.717, 1.165) is 5.56 Å². The van der Waals surface area contributed by atoms with Crippen LogP contribution < -0.4 is 20.1 Å². The van der Waals surface area contributed by atoms with Crippen molar-refractivity contribution < 1.29 is 19.1 Å². The van der Waals surface area contributed by atoms with E-state index in [1.165, 1.54) is 12.1 Å². The van der Waals surface area contributed by atoms with Crippen molar-refractivity contribution in [2.24, 2.45) is 5.92 Å². The molecule has 2 N–H and O–H groups in total. The molecular formula is C22H26Cl2N2O4. The molecule has 30 heavy (non-hydrogen) atoms. The van der Waals surface area contributed by atoms with Gasteiger partial charge in [0.1, 0.15) is 6.04 Å². The second-order valence-electron chi connectivity index (χ2n) is 7.15. The Bertz CT molecular complexity index is 903. The highest BCUT2D eigenvalue weighted by Gasteiger charge is 2.24. The van der Waals surface area contributed by atoms with E-state index in [9.17, 15) is 9.59 Å². The van der Waals surface area contributed by atoms with Crippen LogP contribution in [-0.4, -0.2) is 32.1 Å². The summed E-state index contributed by atoms with van der Waals surface area (Å²) in [6.45, 7) is 4.19. The molecule has 0 aliphatic carbocycles. The highest BCUT2D eigenvalue weighted by molar-refractivity contribution is 6.36. The lowest BCUT2D eigenvalue weighted by molar-refractivity contribution is -0.123. The molecule has 0 heterocycles. The molecule has 0 saturated heterocycles. The number of methoxy groups -OCH3 is 2. The van der Waals surface area contributed by atoms with Gasteiger partial charge in [-0.25, -0.2) is 0 Å². The van der Waals surface area contributed by atoms with E-state index >= 15 is 0 Å². The molecule has 2 aromatic carbocycles. The zero-order valence-corrected chi connectivity index (χ0v) is 18.9. The first-order valence-electron chi connectivity index (χ1n) is 9.50. The van der Waals surface area contributed by atoms with Crippen molar-refractivity contribution in [3.63, 3.8) is 0 Å². The first kappa shape index (κ1) is 23.8. The Labute approximate surface area is 186 Å². The molecular weight excluding hydrogens is 427 g/mol. The van der Waals surface area contributed by atoms with Gasteiger partial charge in [-0.2, -0.15) is 0 Å². The molecule has 162 valence electrons. The number of carbonyl (C=O) groups excluding carboxylic acids is 2. The summed E-state index contributed by atoms with van der Waals surface area (Å²) < 4.78 is 10.7. The highest BCUT2D eigenvalue weighted by Crippen LogP contribution is 2.30. The summed E-state index contributed by atoms with van der Waals surface area (Å²) >= 11 is 12.0. The minimum atomic E-state index is -0.721. The average Bonchev–Trinajstić information content (AvgIpc) is 2.70. The zero-order valence-electron chi connectivity index (χ0n) is 17.4. The van der Waals surface area contributed by atoms with Crippen molar-refractivity contribution >= 4 is 35.0 Å². The second kappa shape index (κ2) is 11.1. The third kappa shape index (κ3) is 6.28. The monoisotopic (exact) mass is 452 g/mol. The van der Waals surface area contributed by atoms with E-state index in [2.05, 4.69) is 10.6 Å². The van der Waals surface area contributed by atoms with Gasteiger partial charge in [-0.05, 0) is 36.6 Å². The van der Waals surface area contributed by atoms with Gasteiger partial charge in [0.15, 0.2) is 11.5 Å². The zero-order chi connectivity index (χ0) is 22.3. The molecule has 1 unspecified atom stereocenters. The molecule has 0 aromatic heterocycles. The van der Waals surface area contributed by atoms with Gasteiger partial charge in [-0.3, -0.25) is 9.59 Å². The van der Waals surface area contributed by atoms with Crippen molar-refractivity contribution in [3.05, 3.63) is 57.6 Å². The van der Waals surface area contributed by atoms with Crippen LogP contribution in [0.4, 0.5) is 0 Å². The lowest BCUT2D eigenvalue weighted by atomic mass is 10.0. The van der Waals surface area contributed by atoms with Crippen molar-refractivity contribution in [3.8, 4) is 11.5 Å². The number of hydrogen-bond donors (Lipinski definition) is 2. The SMILES string of the molecule is COc1cccc(CNC(=O)C(CC(C)C)NC(=O)c2ccc(Cl)cc2Cl)c1OC. The van der Waals surface area contributed by atoms with Crippen LogP contribution in [0.2, 0.25) is 10.0 Å². The number of amides is 2. The van der Waals surface area contributed by atoms with Crippen LogP contribution in [0.15, 0.2) is 36.4 Å². The molecule has 0 spiro atoms. The van der Waals surface area contributed by atoms with Gasteiger partial charge in [0.25, 0.3) is 5.91 Å². The normalized spacial score (nSPS) is 11.7. The van der Waals surface area contributed by atoms with Crippen LogP contribution in [0.3, 0.4) is 0 Å². The summed E-state index contributed by atoms with van der Waals surface area (Å²) in [6, 6.07) is 9.32. The summed E-state index contributed by atoms with van der Waals surface area (Å²) in [4.78, 5) is 25.5. The van der Waals surface area contributed by atoms with Crippen molar-refractivity contribution in [2.75, 3.05) is 14.2 Å². The standard InChI is InChI=1S/C22H26Cl2N2O4/c1-13(2)10-18(26-21(27)16-9-8-15(23)11-17(16)24)22(28)25-12-14-6-5-7-19(29-3)20(14)30-4/h5-9,11,13,18H,10,12H2,1-4H3,(H,25,28)(H,26,27). The van der Waals surface area contributed by atoms with Crippen LogP contribution >= 0.6 is 23.2 Å². The van der Waals surface area contributed by atoms with E-state index in [1.54, 1.807) is 26.4 Å². The molecule has 1 atom stereocenters. The second-order valence-corrected chi connectivity index (χ2v) is 7.99. The van der Waals surface area contributed by atoms with Crippen LogP contribution in [0.25, 0.3) is 0 Å². The summed E-state index contributed by atoms with van der Waals surface area (Å²) in [7, 11) is 3.09. The maximum Gasteiger partial charge on any atom is 0.253 e. The van der Waals surface area contributed by atoms with Crippen molar-refractivity contribution in [1.29, 1.82) is 0 Å². The fraction of sp³-hybridized carbons (Fsp3) is 0.364. The highest BCUT2D eigenvalue weighted by atomic mass is 35.5. The fourth-order valence-electron chi connectivity index (χ4n) is 3.01.